The van der Waals surface area contributed by atoms with E-state index < -0.39 is 11.3 Å². The zero-order chi connectivity index (χ0) is 15.6. The third-order valence-corrected chi connectivity index (χ3v) is 4.61. The van der Waals surface area contributed by atoms with Crippen molar-refractivity contribution >= 4 is 11.3 Å². The molecule has 1 heterocycles. The van der Waals surface area contributed by atoms with Crippen LogP contribution in [0.1, 0.15) is 5.56 Å². The van der Waals surface area contributed by atoms with Gasteiger partial charge in [0.05, 0.1) is 0 Å². The summed E-state index contributed by atoms with van der Waals surface area (Å²) in [5.41, 5.74) is 5.37. The first-order valence-corrected chi connectivity index (χ1v) is 8.50. The molecule has 0 amide bonds. The molecule has 0 spiro atoms. The number of benzene rings is 3. The maximum Gasteiger partial charge on any atom is 0.288 e. The van der Waals surface area contributed by atoms with Gasteiger partial charge in [0.15, 0.2) is 5.75 Å². The fraction of sp³-hybridized carbons (Fsp3) is 0.0526. The quantitative estimate of drug-likeness (QED) is 0.772. The van der Waals surface area contributed by atoms with Crippen molar-refractivity contribution in [2.24, 2.45) is 0 Å². The second-order valence-corrected chi connectivity index (χ2v) is 6.30. The molecule has 3 aromatic carbocycles. The average molecular weight is 321 g/mol. The Balaban J connectivity index is 1.82. The van der Waals surface area contributed by atoms with E-state index in [0.29, 0.717) is 12.3 Å². The molecule has 0 aromatic heterocycles. The van der Waals surface area contributed by atoms with Crippen LogP contribution < -0.4 is 8.91 Å². The number of hydrogen-bond acceptors (Lipinski definition) is 2. The molecule has 23 heavy (non-hydrogen) atoms. The molecule has 3 aromatic rings. The van der Waals surface area contributed by atoms with Crippen molar-refractivity contribution in [1.82, 2.24) is 4.72 Å². The summed E-state index contributed by atoms with van der Waals surface area (Å²) in [5, 5.41) is 0. The minimum atomic E-state index is -1.48. The number of nitrogens with one attached hydrogen (secondary N) is 1. The maximum absolute atomic E-state index is 11.7. The SMILES string of the molecule is O=S1NCc2cccc(-c3cccc(-c4ccccc4)c3)c2O1. The van der Waals surface area contributed by atoms with E-state index in [2.05, 4.69) is 35.1 Å². The van der Waals surface area contributed by atoms with Crippen LogP contribution in [0.4, 0.5) is 0 Å². The van der Waals surface area contributed by atoms with E-state index in [1.165, 1.54) is 5.56 Å². The summed E-state index contributed by atoms with van der Waals surface area (Å²) < 4.78 is 20.0. The second-order valence-electron chi connectivity index (χ2n) is 5.38. The van der Waals surface area contributed by atoms with Crippen LogP contribution in [0.5, 0.6) is 5.75 Å². The van der Waals surface area contributed by atoms with Gasteiger partial charge in [0, 0.05) is 17.7 Å². The van der Waals surface area contributed by atoms with Crippen molar-refractivity contribution in [3.05, 3.63) is 78.4 Å². The van der Waals surface area contributed by atoms with Crippen molar-refractivity contribution < 1.29 is 8.39 Å². The first-order valence-electron chi connectivity index (χ1n) is 7.42. The molecule has 114 valence electrons. The predicted molar refractivity (Wildman–Crippen MR) is 92.9 cm³/mol. The van der Waals surface area contributed by atoms with Gasteiger partial charge in [0.1, 0.15) is 0 Å². The third kappa shape index (κ3) is 2.79. The minimum Gasteiger partial charge on any atom is -0.388 e. The molecule has 1 aliphatic rings. The van der Waals surface area contributed by atoms with Gasteiger partial charge in [0.25, 0.3) is 11.3 Å². The molecule has 1 N–H and O–H groups in total. The lowest BCUT2D eigenvalue weighted by Crippen LogP contribution is -2.26. The van der Waals surface area contributed by atoms with Gasteiger partial charge in [-0.05, 0) is 22.8 Å². The average Bonchev–Trinajstić information content (AvgIpc) is 2.62. The van der Waals surface area contributed by atoms with Crippen molar-refractivity contribution in [3.8, 4) is 28.0 Å². The molecule has 1 aliphatic heterocycles. The molecule has 4 heteroatoms. The molecule has 0 saturated carbocycles. The number of hydrogen-bond donors (Lipinski definition) is 1. The summed E-state index contributed by atoms with van der Waals surface area (Å²) in [4.78, 5) is 0. The third-order valence-electron chi connectivity index (χ3n) is 3.92. The Morgan fingerprint density at radius 1 is 0.826 bits per heavy atom. The Morgan fingerprint density at radius 2 is 1.57 bits per heavy atom. The Kier molecular flexibility index (Phi) is 3.69. The molecule has 0 saturated heterocycles. The molecule has 0 aliphatic carbocycles. The van der Waals surface area contributed by atoms with Crippen molar-refractivity contribution in [2.75, 3.05) is 0 Å². The number of fused-ring (bicyclic) bond motifs is 1. The van der Waals surface area contributed by atoms with Gasteiger partial charge in [-0.1, -0.05) is 66.7 Å². The summed E-state index contributed by atoms with van der Waals surface area (Å²) in [6.45, 7) is 0.550. The van der Waals surface area contributed by atoms with Crippen molar-refractivity contribution in [1.29, 1.82) is 0 Å². The van der Waals surface area contributed by atoms with Gasteiger partial charge in [0.2, 0.25) is 0 Å². The molecule has 0 radical (unpaired) electrons. The summed E-state index contributed by atoms with van der Waals surface area (Å²) in [6.07, 6.45) is 0. The highest BCUT2D eigenvalue weighted by Gasteiger charge is 2.19. The van der Waals surface area contributed by atoms with Crippen LogP contribution >= 0.6 is 0 Å². The van der Waals surface area contributed by atoms with Crippen molar-refractivity contribution in [3.63, 3.8) is 0 Å². The first-order chi connectivity index (χ1) is 11.3. The van der Waals surface area contributed by atoms with E-state index in [1.54, 1.807) is 0 Å². The van der Waals surface area contributed by atoms with Crippen LogP contribution in [0.15, 0.2) is 72.8 Å². The van der Waals surface area contributed by atoms with E-state index >= 15 is 0 Å². The summed E-state index contributed by atoms with van der Waals surface area (Å²) >= 11 is -1.48. The highest BCUT2D eigenvalue weighted by molar-refractivity contribution is 7.78. The second kappa shape index (κ2) is 5.99. The Bertz CT molecular complexity index is 878. The zero-order valence-electron chi connectivity index (χ0n) is 12.4. The fourth-order valence-electron chi connectivity index (χ4n) is 2.79. The molecule has 3 nitrogen and oxygen atoms in total. The van der Waals surface area contributed by atoms with E-state index in [1.807, 2.05) is 42.5 Å². The van der Waals surface area contributed by atoms with Gasteiger partial charge < -0.3 is 4.18 Å². The van der Waals surface area contributed by atoms with Crippen molar-refractivity contribution in [2.45, 2.75) is 6.54 Å². The van der Waals surface area contributed by atoms with Crippen LogP contribution in [-0.4, -0.2) is 4.21 Å². The molecule has 1 atom stereocenters. The molecule has 4 rings (SSSR count). The van der Waals surface area contributed by atoms with Gasteiger partial charge in [-0.25, -0.2) is 0 Å². The molecule has 1 unspecified atom stereocenters. The Morgan fingerprint density at radius 3 is 2.43 bits per heavy atom. The largest absolute Gasteiger partial charge is 0.388 e. The smallest absolute Gasteiger partial charge is 0.288 e. The zero-order valence-corrected chi connectivity index (χ0v) is 13.2. The number of para-hydroxylation sites is 1. The summed E-state index contributed by atoms with van der Waals surface area (Å²) in [6, 6.07) is 24.6. The molecule has 0 fully saturated rings. The summed E-state index contributed by atoms with van der Waals surface area (Å²) in [7, 11) is 0. The highest BCUT2D eigenvalue weighted by atomic mass is 32.2. The van der Waals surface area contributed by atoms with E-state index in [-0.39, 0.29) is 0 Å². The van der Waals surface area contributed by atoms with E-state index in [9.17, 15) is 4.21 Å². The topological polar surface area (TPSA) is 38.3 Å². The highest BCUT2D eigenvalue weighted by Crippen LogP contribution is 2.36. The molecular weight excluding hydrogens is 306 g/mol. The van der Waals surface area contributed by atoms with E-state index in [0.717, 1.165) is 22.3 Å². The molecular formula is C19H15NO2S. The standard InChI is InChI=1S/C19H15NO2S/c21-23-20-13-17-10-5-11-18(19(17)22-23)16-9-4-8-15(12-16)14-6-2-1-3-7-14/h1-12,20H,13H2. The lowest BCUT2D eigenvalue weighted by molar-refractivity contribution is 0.525. The van der Waals surface area contributed by atoms with Crippen LogP contribution in [0.3, 0.4) is 0 Å². The van der Waals surface area contributed by atoms with Gasteiger partial charge in [-0.15, -0.1) is 0 Å². The van der Waals surface area contributed by atoms with Crippen LogP contribution in [-0.2, 0) is 17.8 Å². The fourth-order valence-corrected chi connectivity index (χ4v) is 3.47. The Hall–Kier alpha value is -2.43. The monoisotopic (exact) mass is 321 g/mol. The summed E-state index contributed by atoms with van der Waals surface area (Å²) in [5.74, 6) is 0.704. The van der Waals surface area contributed by atoms with Crippen LogP contribution in [0, 0.1) is 0 Å². The van der Waals surface area contributed by atoms with Crippen LogP contribution in [0.25, 0.3) is 22.3 Å². The van der Waals surface area contributed by atoms with Gasteiger partial charge >= 0.3 is 0 Å². The predicted octanol–water partition coefficient (Wildman–Crippen LogP) is 4.08. The normalized spacial score (nSPS) is 16.4. The first kappa shape index (κ1) is 14.2. The maximum atomic E-state index is 11.7. The van der Waals surface area contributed by atoms with Gasteiger partial charge in [-0.3, -0.25) is 0 Å². The number of rotatable bonds is 2. The molecule has 0 bridgehead atoms. The van der Waals surface area contributed by atoms with Crippen LogP contribution in [0.2, 0.25) is 0 Å². The lowest BCUT2D eigenvalue weighted by atomic mass is 9.97. The van der Waals surface area contributed by atoms with E-state index in [4.69, 9.17) is 4.18 Å². The van der Waals surface area contributed by atoms with Gasteiger partial charge in [-0.2, -0.15) is 8.93 Å². The Labute approximate surface area is 137 Å². The lowest BCUT2D eigenvalue weighted by Gasteiger charge is -2.19. The minimum absolute atomic E-state index is 0.550.